The van der Waals surface area contributed by atoms with Crippen LogP contribution in [0.4, 0.5) is 18.9 Å². The number of halogens is 3. The van der Waals surface area contributed by atoms with E-state index in [1.54, 1.807) is 23.7 Å². The maximum Gasteiger partial charge on any atom is 0.416 e. The summed E-state index contributed by atoms with van der Waals surface area (Å²) < 4.78 is 38.4. The van der Waals surface area contributed by atoms with Crippen LogP contribution >= 0.6 is 0 Å². The molecule has 0 radical (unpaired) electrons. The fourth-order valence-corrected chi connectivity index (χ4v) is 3.73. The Balaban J connectivity index is 1.90. The van der Waals surface area contributed by atoms with Crippen LogP contribution in [-0.4, -0.2) is 23.3 Å². The number of nitrogens with one attached hydrogen (secondary N) is 2. The molecule has 1 aromatic carbocycles. The smallest absolute Gasteiger partial charge is 0.380 e. The van der Waals surface area contributed by atoms with Crippen LogP contribution in [0.1, 0.15) is 36.2 Å². The first-order valence-corrected chi connectivity index (χ1v) is 7.96. The molecule has 0 spiro atoms. The van der Waals surface area contributed by atoms with Crippen molar-refractivity contribution in [3.8, 4) is 0 Å². The molecule has 1 heterocycles. The fraction of sp³-hybridized carbons (Fsp3) is 0.389. The normalized spacial score (nSPS) is 24.3. The average Bonchev–Trinajstić information content (AvgIpc) is 2.85. The molecular formula is C18H19F3N2O2. The van der Waals surface area contributed by atoms with E-state index in [9.17, 15) is 18.0 Å². The topological polar surface area (TPSA) is 61.4 Å². The number of hydroxylamine groups is 1. The molecule has 1 amide bonds. The highest BCUT2D eigenvalue weighted by Gasteiger charge is 2.45. The van der Waals surface area contributed by atoms with Gasteiger partial charge in [0.15, 0.2) is 0 Å². The molecular weight excluding hydrogens is 333 g/mol. The zero-order valence-electron chi connectivity index (χ0n) is 13.8. The summed E-state index contributed by atoms with van der Waals surface area (Å²) in [6, 6.07) is 5.04. The first-order chi connectivity index (χ1) is 11.7. The Labute approximate surface area is 143 Å². The minimum absolute atomic E-state index is 0.140. The van der Waals surface area contributed by atoms with Crippen LogP contribution in [0.25, 0.3) is 0 Å². The van der Waals surface area contributed by atoms with E-state index in [1.807, 2.05) is 19.9 Å². The van der Waals surface area contributed by atoms with Crippen LogP contribution in [0.15, 0.2) is 42.0 Å². The van der Waals surface area contributed by atoms with Gasteiger partial charge >= 0.3 is 6.18 Å². The van der Waals surface area contributed by atoms with Crippen molar-refractivity contribution >= 4 is 11.6 Å². The van der Waals surface area contributed by atoms with Crippen LogP contribution in [0.5, 0.6) is 0 Å². The number of carbonyl (C=O) groups excluding carboxylic acids is 1. The lowest BCUT2D eigenvalue weighted by atomic mass is 9.73. The third kappa shape index (κ3) is 2.93. The van der Waals surface area contributed by atoms with E-state index in [4.69, 9.17) is 5.21 Å². The molecule has 0 saturated carbocycles. The van der Waals surface area contributed by atoms with Gasteiger partial charge < -0.3 is 5.32 Å². The van der Waals surface area contributed by atoms with Gasteiger partial charge in [-0.05, 0) is 18.1 Å². The van der Waals surface area contributed by atoms with Crippen LogP contribution in [-0.2, 0) is 5.41 Å². The molecule has 1 unspecified atom stereocenters. The molecule has 1 aliphatic carbocycles. The third-order valence-electron chi connectivity index (χ3n) is 5.07. The standard InChI is InChI=1S/C18H19F3N2O2/c1-17(2)13-5-3-4-12(16(24)23-25)14(13)22-15(17)10-6-8-11(9-7-10)18(19,20)21/h3-6,8-10,15,22,25H,7H2,1-2H3,(H,23,24)/t10?,15-/m0/s1. The first-order valence-electron chi connectivity index (χ1n) is 7.96. The minimum atomic E-state index is -4.34. The minimum Gasteiger partial charge on any atom is -0.380 e. The Morgan fingerprint density at radius 3 is 2.64 bits per heavy atom. The lowest BCUT2D eigenvalue weighted by Crippen LogP contribution is -2.39. The summed E-state index contributed by atoms with van der Waals surface area (Å²) in [7, 11) is 0. The quantitative estimate of drug-likeness (QED) is 0.558. The van der Waals surface area contributed by atoms with Gasteiger partial charge in [0.1, 0.15) is 0 Å². The Morgan fingerprint density at radius 2 is 2.08 bits per heavy atom. The molecule has 3 N–H and O–H groups in total. The third-order valence-corrected chi connectivity index (χ3v) is 5.07. The molecule has 1 aliphatic heterocycles. The van der Waals surface area contributed by atoms with E-state index in [1.165, 1.54) is 6.08 Å². The highest BCUT2D eigenvalue weighted by molar-refractivity contribution is 6.00. The molecule has 0 saturated heterocycles. The molecule has 1 aromatic rings. The van der Waals surface area contributed by atoms with E-state index in [0.29, 0.717) is 11.3 Å². The van der Waals surface area contributed by atoms with E-state index in [0.717, 1.165) is 11.6 Å². The number of amides is 1. The molecule has 134 valence electrons. The monoisotopic (exact) mass is 352 g/mol. The number of alkyl halides is 3. The van der Waals surface area contributed by atoms with Gasteiger partial charge in [-0.25, -0.2) is 5.48 Å². The van der Waals surface area contributed by atoms with Crippen molar-refractivity contribution in [2.45, 2.75) is 37.9 Å². The van der Waals surface area contributed by atoms with E-state index >= 15 is 0 Å². The van der Waals surface area contributed by atoms with E-state index in [-0.39, 0.29) is 23.8 Å². The number of anilines is 1. The van der Waals surface area contributed by atoms with E-state index < -0.39 is 17.7 Å². The summed E-state index contributed by atoms with van der Waals surface area (Å²) in [6.45, 7) is 3.99. The second-order valence-corrected chi connectivity index (χ2v) is 6.93. The lowest BCUT2D eigenvalue weighted by molar-refractivity contribution is -0.0887. The van der Waals surface area contributed by atoms with Crippen molar-refractivity contribution in [1.29, 1.82) is 0 Å². The number of para-hydroxylation sites is 1. The molecule has 4 nitrogen and oxygen atoms in total. The lowest BCUT2D eigenvalue weighted by Gasteiger charge is -2.34. The molecule has 0 aromatic heterocycles. The number of hydrogen-bond acceptors (Lipinski definition) is 3. The highest BCUT2D eigenvalue weighted by atomic mass is 19.4. The van der Waals surface area contributed by atoms with Gasteiger partial charge in [0.05, 0.1) is 16.8 Å². The fourth-order valence-electron chi connectivity index (χ4n) is 3.73. The van der Waals surface area contributed by atoms with Crippen LogP contribution in [0, 0.1) is 5.92 Å². The van der Waals surface area contributed by atoms with Gasteiger partial charge in [-0.2, -0.15) is 13.2 Å². The molecule has 0 bridgehead atoms. The SMILES string of the molecule is CC1(C)c2cccc(C(=O)NO)c2N[C@H]1C1C=CC(C(F)(F)F)=CC1. The Bertz CT molecular complexity index is 766. The second-order valence-electron chi connectivity index (χ2n) is 6.93. The van der Waals surface area contributed by atoms with Crippen molar-refractivity contribution < 1.29 is 23.2 Å². The summed E-state index contributed by atoms with van der Waals surface area (Å²) in [6.07, 6.45) is -0.152. The zero-order valence-corrected chi connectivity index (χ0v) is 13.8. The molecule has 7 heteroatoms. The molecule has 0 fully saturated rings. The van der Waals surface area contributed by atoms with Gasteiger partial charge in [0, 0.05) is 17.4 Å². The summed E-state index contributed by atoms with van der Waals surface area (Å²) in [4.78, 5) is 11.9. The first kappa shape index (κ1) is 17.5. The number of hydrogen-bond donors (Lipinski definition) is 3. The molecule has 2 atom stereocenters. The molecule has 3 rings (SSSR count). The highest BCUT2D eigenvalue weighted by Crippen LogP contribution is 2.47. The maximum absolute atomic E-state index is 12.8. The second kappa shape index (κ2) is 5.91. The van der Waals surface area contributed by atoms with Crippen molar-refractivity contribution in [2.24, 2.45) is 5.92 Å². The predicted molar refractivity (Wildman–Crippen MR) is 87.5 cm³/mol. The maximum atomic E-state index is 12.8. The van der Waals surface area contributed by atoms with Gasteiger partial charge in [-0.1, -0.05) is 44.2 Å². The van der Waals surface area contributed by atoms with Gasteiger partial charge in [-0.3, -0.25) is 10.0 Å². The van der Waals surface area contributed by atoms with E-state index in [2.05, 4.69) is 5.32 Å². The summed E-state index contributed by atoms with van der Waals surface area (Å²) in [5.74, 6) is -0.766. The summed E-state index contributed by atoms with van der Waals surface area (Å²) >= 11 is 0. The van der Waals surface area contributed by atoms with Gasteiger partial charge in [0.2, 0.25) is 0 Å². The summed E-state index contributed by atoms with van der Waals surface area (Å²) in [5, 5.41) is 12.2. The number of rotatable bonds is 2. The zero-order chi connectivity index (χ0) is 18.4. The van der Waals surface area contributed by atoms with Gasteiger partial charge in [-0.15, -0.1) is 0 Å². The number of benzene rings is 1. The van der Waals surface area contributed by atoms with Crippen LogP contribution in [0.2, 0.25) is 0 Å². The largest absolute Gasteiger partial charge is 0.416 e. The Hall–Kier alpha value is -2.28. The van der Waals surface area contributed by atoms with Crippen molar-refractivity contribution in [3.63, 3.8) is 0 Å². The molecule has 2 aliphatic rings. The molecule has 25 heavy (non-hydrogen) atoms. The summed E-state index contributed by atoms with van der Waals surface area (Å²) in [5.41, 5.74) is 2.43. The van der Waals surface area contributed by atoms with Crippen molar-refractivity contribution in [1.82, 2.24) is 5.48 Å². The number of allylic oxidation sites excluding steroid dienone is 3. The van der Waals surface area contributed by atoms with Crippen molar-refractivity contribution in [3.05, 3.63) is 53.1 Å². The number of carbonyl (C=O) groups is 1. The van der Waals surface area contributed by atoms with Gasteiger partial charge in [0.25, 0.3) is 5.91 Å². The van der Waals surface area contributed by atoms with Crippen LogP contribution in [0.3, 0.4) is 0 Å². The number of fused-ring (bicyclic) bond motifs is 1. The van der Waals surface area contributed by atoms with Crippen molar-refractivity contribution in [2.75, 3.05) is 5.32 Å². The Morgan fingerprint density at radius 1 is 1.36 bits per heavy atom. The predicted octanol–water partition coefficient (Wildman–Crippen LogP) is 3.94. The van der Waals surface area contributed by atoms with Crippen LogP contribution < -0.4 is 10.8 Å². The average molecular weight is 352 g/mol. The Kier molecular flexibility index (Phi) is 4.15.